The lowest BCUT2D eigenvalue weighted by Crippen LogP contribution is -2.35. The van der Waals surface area contributed by atoms with Crippen molar-refractivity contribution in [1.29, 1.82) is 0 Å². The summed E-state index contributed by atoms with van der Waals surface area (Å²) in [5.41, 5.74) is 1.46. The van der Waals surface area contributed by atoms with E-state index in [4.69, 9.17) is 0 Å². The van der Waals surface area contributed by atoms with Crippen LogP contribution in [0.2, 0.25) is 0 Å². The first-order valence-electron chi connectivity index (χ1n) is 8.60. The number of carbonyl (C=O) groups excluding carboxylic acids is 3. The maximum Gasteiger partial charge on any atom is 0.251 e. The fraction of sp³-hybridized carbons (Fsp3) is 0.421. The predicted octanol–water partition coefficient (Wildman–Crippen LogP) is 1.48. The quantitative estimate of drug-likeness (QED) is 0.493. The van der Waals surface area contributed by atoms with Crippen LogP contribution in [0.1, 0.15) is 42.6 Å². The monoisotopic (exact) mass is 343 g/mol. The number of carbonyl (C=O) groups is 3. The highest BCUT2D eigenvalue weighted by Gasteiger charge is 2.23. The third kappa shape index (κ3) is 6.79. The molecule has 0 unspecified atom stereocenters. The highest BCUT2D eigenvalue weighted by molar-refractivity contribution is 5.95. The molecule has 0 heterocycles. The lowest BCUT2D eigenvalue weighted by Gasteiger charge is -2.07. The summed E-state index contributed by atoms with van der Waals surface area (Å²) >= 11 is 0. The molecule has 0 spiro atoms. The SMILES string of the molecule is CC(C)C(=O)NCCNC(=O)/C=C/c1ccc(C(=O)NC2CC2)cc1. The Morgan fingerprint density at radius 1 is 1.08 bits per heavy atom. The zero-order chi connectivity index (χ0) is 18.2. The summed E-state index contributed by atoms with van der Waals surface area (Å²) in [4.78, 5) is 35.0. The van der Waals surface area contributed by atoms with Gasteiger partial charge in [0, 0.05) is 36.7 Å². The van der Waals surface area contributed by atoms with E-state index < -0.39 is 0 Å². The zero-order valence-corrected chi connectivity index (χ0v) is 14.7. The van der Waals surface area contributed by atoms with Crippen molar-refractivity contribution in [2.75, 3.05) is 13.1 Å². The van der Waals surface area contributed by atoms with Crippen molar-refractivity contribution in [2.24, 2.45) is 5.92 Å². The molecule has 1 aliphatic carbocycles. The van der Waals surface area contributed by atoms with Gasteiger partial charge in [-0.1, -0.05) is 26.0 Å². The molecule has 0 bridgehead atoms. The van der Waals surface area contributed by atoms with Crippen LogP contribution in [0.5, 0.6) is 0 Å². The minimum absolute atomic E-state index is 0.0318. The first kappa shape index (κ1) is 18.7. The van der Waals surface area contributed by atoms with Crippen molar-refractivity contribution in [2.45, 2.75) is 32.7 Å². The molecule has 1 aliphatic rings. The molecule has 3 N–H and O–H groups in total. The predicted molar refractivity (Wildman–Crippen MR) is 96.8 cm³/mol. The Morgan fingerprint density at radius 3 is 2.32 bits per heavy atom. The van der Waals surface area contributed by atoms with Crippen LogP contribution in [0.15, 0.2) is 30.3 Å². The van der Waals surface area contributed by atoms with Gasteiger partial charge in [0.25, 0.3) is 5.91 Å². The van der Waals surface area contributed by atoms with Crippen LogP contribution in [0.4, 0.5) is 0 Å². The van der Waals surface area contributed by atoms with Gasteiger partial charge in [-0.25, -0.2) is 0 Å². The molecular weight excluding hydrogens is 318 g/mol. The van der Waals surface area contributed by atoms with Crippen LogP contribution < -0.4 is 16.0 Å². The molecule has 0 atom stereocenters. The molecular formula is C19H25N3O3. The van der Waals surface area contributed by atoms with Gasteiger partial charge in [0.2, 0.25) is 11.8 Å². The van der Waals surface area contributed by atoms with Gasteiger partial charge < -0.3 is 16.0 Å². The molecule has 0 saturated heterocycles. The van der Waals surface area contributed by atoms with Crippen molar-refractivity contribution >= 4 is 23.8 Å². The van der Waals surface area contributed by atoms with Gasteiger partial charge in [-0.05, 0) is 36.6 Å². The Kier molecular flexibility index (Phi) is 6.74. The zero-order valence-electron chi connectivity index (χ0n) is 14.7. The highest BCUT2D eigenvalue weighted by Crippen LogP contribution is 2.19. The molecule has 1 fully saturated rings. The Bertz CT molecular complexity index is 646. The summed E-state index contributed by atoms with van der Waals surface area (Å²) in [7, 11) is 0. The first-order chi connectivity index (χ1) is 12.0. The number of hydrogen-bond donors (Lipinski definition) is 3. The van der Waals surface area contributed by atoms with E-state index in [-0.39, 0.29) is 23.6 Å². The topological polar surface area (TPSA) is 87.3 Å². The van der Waals surface area contributed by atoms with Crippen molar-refractivity contribution in [1.82, 2.24) is 16.0 Å². The average molecular weight is 343 g/mol. The Labute approximate surface area is 148 Å². The minimum atomic E-state index is -0.227. The van der Waals surface area contributed by atoms with Crippen LogP contribution in [-0.2, 0) is 9.59 Å². The summed E-state index contributed by atoms with van der Waals surface area (Å²) in [5.74, 6) is -0.380. The van der Waals surface area contributed by atoms with Gasteiger partial charge in [0.05, 0.1) is 0 Å². The van der Waals surface area contributed by atoms with Gasteiger partial charge in [-0.3, -0.25) is 14.4 Å². The van der Waals surface area contributed by atoms with Crippen molar-refractivity contribution in [3.63, 3.8) is 0 Å². The maximum atomic E-state index is 11.9. The Morgan fingerprint density at radius 2 is 1.72 bits per heavy atom. The van der Waals surface area contributed by atoms with Crippen LogP contribution in [-0.4, -0.2) is 36.9 Å². The van der Waals surface area contributed by atoms with Crippen LogP contribution in [0.3, 0.4) is 0 Å². The molecule has 6 nitrogen and oxygen atoms in total. The highest BCUT2D eigenvalue weighted by atomic mass is 16.2. The standard InChI is InChI=1S/C19H25N3O3/c1-13(2)18(24)21-12-11-20-17(23)10-5-14-3-6-15(7-4-14)19(25)22-16-8-9-16/h3-7,10,13,16H,8-9,11-12H2,1-2H3,(H,20,23)(H,21,24)(H,22,25)/b10-5+. The molecule has 1 aromatic rings. The number of rotatable bonds is 8. The van der Waals surface area contributed by atoms with E-state index in [1.807, 2.05) is 13.8 Å². The molecule has 25 heavy (non-hydrogen) atoms. The molecule has 6 heteroatoms. The Hall–Kier alpha value is -2.63. The van der Waals surface area contributed by atoms with Crippen LogP contribution >= 0.6 is 0 Å². The van der Waals surface area contributed by atoms with Gasteiger partial charge in [-0.15, -0.1) is 0 Å². The number of amides is 3. The maximum absolute atomic E-state index is 11.9. The third-order valence-corrected chi connectivity index (χ3v) is 3.76. The summed E-state index contributed by atoms with van der Waals surface area (Å²) in [6.45, 7) is 4.41. The van der Waals surface area contributed by atoms with E-state index >= 15 is 0 Å². The van der Waals surface area contributed by atoms with E-state index in [1.54, 1.807) is 30.3 Å². The molecule has 1 aromatic carbocycles. The summed E-state index contributed by atoms with van der Waals surface area (Å²) in [6.07, 6.45) is 5.24. The second-order valence-electron chi connectivity index (χ2n) is 6.44. The third-order valence-electron chi connectivity index (χ3n) is 3.76. The van der Waals surface area contributed by atoms with Crippen molar-refractivity contribution < 1.29 is 14.4 Å². The second kappa shape index (κ2) is 9.01. The lowest BCUT2D eigenvalue weighted by molar-refractivity contribution is -0.124. The van der Waals surface area contributed by atoms with E-state index in [0.29, 0.717) is 24.7 Å². The number of benzene rings is 1. The summed E-state index contributed by atoms with van der Waals surface area (Å²) < 4.78 is 0. The number of hydrogen-bond acceptors (Lipinski definition) is 3. The van der Waals surface area contributed by atoms with Crippen LogP contribution in [0.25, 0.3) is 6.08 Å². The lowest BCUT2D eigenvalue weighted by atomic mass is 10.1. The van der Waals surface area contributed by atoms with E-state index in [1.165, 1.54) is 6.08 Å². The smallest absolute Gasteiger partial charge is 0.251 e. The fourth-order valence-corrected chi connectivity index (χ4v) is 2.05. The Balaban J connectivity index is 1.72. The van der Waals surface area contributed by atoms with E-state index in [2.05, 4.69) is 16.0 Å². The number of nitrogens with one attached hydrogen (secondary N) is 3. The van der Waals surface area contributed by atoms with Crippen molar-refractivity contribution in [3.8, 4) is 0 Å². The normalized spacial score (nSPS) is 13.7. The molecule has 134 valence electrons. The van der Waals surface area contributed by atoms with E-state index in [0.717, 1.165) is 18.4 Å². The van der Waals surface area contributed by atoms with Crippen molar-refractivity contribution in [3.05, 3.63) is 41.5 Å². The minimum Gasteiger partial charge on any atom is -0.354 e. The first-order valence-corrected chi connectivity index (χ1v) is 8.60. The van der Waals surface area contributed by atoms with Gasteiger partial charge in [0.15, 0.2) is 0 Å². The summed E-state index contributed by atoms with van der Waals surface area (Å²) in [6, 6.07) is 7.43. The van der Waals surface area contributed by atoms with Gasteiger partial charge in [-0.2, -0.15) is 0 Å². The average Bonchev–Trinajstić information content (AvgIpc) is 3.41. The van der Waals surface area contributed by atoms with Crippen LogP contribution in [0, 0.1) is 5.92 Å². The summed E-state index contributed by atoms with van der Waals surface area (Å²) in [5, 5.41) is 8.36. The molecule has 3 amide bonds. The molecule has 0 radical (unpaired) electrons. The molecule has 0 aliphatic heterocycles. The van der Waals surface area contributed by atoms with Gasteiger partial charge >= 0.3 is 0 Å². The fourth-order valence-electron chi connectivity index (χ4n) is 2.05. The molecule has 2 rings (SSSR count). The molecule has 0 aromatic heterocycles. The second-order valence-corrected chi connectivity index (χ2v) is 6.44. The molecule has 1 saturated carbocycles. The largest absolute Gasteiger partial charge is 0.354 e. The van der Waals surface area contributed by atoms with E-state index in [9.17, 15) is 14.4 Å². The van der Waals surface area contributed by atoms with Gasteiger partial charge in [0.1, 0.15) is 0 Å².